The van der Waals surface area contributed by atoms with Crippen molar-refractivity contribution in [3.05, 3.63) is 102 Å². The Morgan fingerprint density at radius 3 is 2.60 bits per heavy atom. The van der Waals surface area contributed by atoms with Crippen LogP contribution >= 0.6 is 0 Å². The average Bonchev–Trinajstić information content (AvgIpc) is 3.29. The lowest BCUT2D eigenvalue weighted by molar-refractivity contribution is 0.194. The van der Waals surface area contributed by atoms with Gasteiger partial charge in [0, 0.05) is 23.8 Å². The van der Waals surface area contributed by atoms with Crippen LogP contribution in [0.2, 0.25) is 0 Å². The van der Waals surface area contributed by atoms with Crippen molar-refractivity contribution in [2.75, 3.05) is 6.54 Å². The van der Waals surface area contributed by atoms with E-state index in [9.17, 15) is 0 Å². The summed E-state index contributed by atoms with van der Waals surface area (Å²) in [5, 5.41) is 2.53. The number of aromatic nitrogens is 1. The number of nitrogens with zero attached hydrogens (tertiary/aromatic N) is 2. The molecule has 1 saturated heterocycles. The van der Waals surface area contributed by atoms with Crippen LogP contribution in [0.5, 0.6) is 0 Å². The van der Waals surface area contributed by atoms with E-state index >= 15 is 0 Å². The minimum atomic E-state index is 0.410. The molecule has 2 heteroatoms. The predicted octanol–water partition coefficient (Wildman–Crippen LogP) is 7.11. The third-order valence-corrected chi connectivity index (χ3v) is 6.59. The third-order valence-electron chi connectivity index (χ3n) is 6.59. The van der Waals surface area contributed by atoms with Crippen molar-refractivity contribution < 1.29 is 0 Å². The maximum Gasteiger partial charge on any atom is 0.0711 e. The fraction of sp³-hybridized carbons (Fsp3) is 0.250. The number of hydrogen-bond acceptors (Lipinski definition) is 2. The van der Waals surface area contributed by atoms with Crippen LogP contribution in [0.1, 0.15) is 48.5 Å². The summed E-state index contributed by atoms with van der Waals surface area (Å²) < 4.78 is 0. The Balaban J connectivity index is 1.49. The molecule has 1 aliphatic heterocycles. The van der Waals surface area contributed by atoms with Crippen molar-refractivity contribution in [3.63, 3.8) is 0 Å². The molecule has 2 atom stereocenters. The summed E-state index contributed by atoms with van der Waals surface area (Å²) in [5.41, 5.74) is 6.38. The summed E-state index contributed by atoms with van der Waals surface area (Å²) in [6.07, 6.45) is 4.43. The summed E-state index contributed by atoms with van der Waals surface area (Å²) in [6.45, 7) is 5.64. The van der Waals surface area contributed by atoms with Gasteiger partial charge < -0.3 is 0 Å². The van der Waals surface area contributed by atoms with Crippen molar-refractivity contribution in [2.45, 2.75) is 38.8 Å². The van der Waals surface area contributed by atoms with Gasteiger partial charge in [0.1, 0.15) is 0 Å². The largest absolute Gasteiger partial charge is 0.290 e. The highest BCUT2D eigenvalue weighted by molar-refractivity contribution is 5.95. The SMILES string of the molecule is Cc1ccc([C@@H](C)N2CCC[C@H]2c2ccnc(-c3cccc4ccccc34)c2)cc1. The highest BCUT2D eigenvalue weighted by Gasteiger charge is 2.30. The van der Waals surface area contributed by atoms with Gasteiger partial charge >= 0.3 is 0 Å². The molecule has 0 radical (unpaired) electrons. The molecule has 0 unspecified atom stereocenters. The van der Waals surface area contributed by atoms with E-state index in [2.05, 4.69) is 97.6 Å². The summed E-state index contributed by atoms with van der Waals surface area (Å²) in [4.78, 5) is 7.41. The molecule has 1 fully saturated rings. The molecule has 150 valence electrons. The zero-order valence-electron chi connectivity index (χ0n) is 17.8. The normalized spacial score (nSPS) is 18.0. The van der Waals surface area contributed by atoms with E-state index in [4.69, 9.17) is 4.98 Å². The van der Waals surface area contributed by atoms with Crippen molar-refractivity contribution in [1.82, 2.24) is 9.88 Å². The van der Waals surface area contributed by atoms with E-state index < -0.39 is 0 Å². The lowest BCUT2D eigenvalue weighted by Gasteiger charge is -2.31. The molecule has 0 saturated carbocycles. The smallest absolute Gasteiger partial charge is 0.0711 e. The monoisotopic (exact) mass is 392 g/mol. The lowest BCUT2D eigenvalue weighted by atomic mass is 9.97. The van der Waals surface area contributed by atoms with Gasteiger partial charge in [0.25, 0.3) is 0 Å². The van der Waals surface area contributed by atoms with Gasteiger partial charge in [-0.15, -0.1) is 0 Å². The summed E-state index contributed by atoms with van der Waals surface area (Å²) in [7, 11) is 0. The van der Waals surface area contributed by atoms with Crippen LogP contribution in [0.25, 0.3) is 22.0 Å². The molecule has 0 N–H and O–H groups in total. The Morgan fingerprint density at radius 2 is 1.73 bits per heavy atom. The maximum atomic E-state index is 4.75. The Morgan fingerprint density at radius 1 is 0.933 bits per heavy atom. The standard InChI is InChI=1S/C28H28N2/c1-20-12-14-22(15-13-20)21(2)30-18-6-11-28(30)24-16-17-29-27(19-24)26-10-5-8-23-7-3-4-9-25(23)26/h3-5,7-10,12-17,19,21,28H,6,11,18H2,1-2H3/t21-,28+/m1/s1. The molecule has 4 aromatic rings. The molecule has 5 rings (SSSR count). The van der Waals surface area contributed by atoms with Crippen LogP contribution in [-0.4, -0.2) is 16.4 Å². The van der Waals surface area contributed by atoms with Crippen LogP contribution in [-0.2, 0) is 0 Å². The molecule has 3 aromatic carbocycles. The molecule has 30 heavy (non-hydrogen) atoms. The Hall–Kier alpha value is -2.97. The van der Waals surface area contributed by atoms with Gasteiger partial charge in [0.05, 0.1) is 5.69 Å². The van der Waals surface area contributed by atoms with Crippen molar-refractivity contribution >= 4 is 10.8 Å². The first-order valence-corrected chi connectivity index (χ1v) is 11.0. The quantitative estimate of drug-likeness (QED) is 0.368. The molecule has 0 aliphatic carbocycles. The summed E-state index contributed by atoms with van der Waals surface area (Å²) >= 11 is 0. The molecule has 0 spiro atoms. The number of hydrogen-bond donors (Lipinski definition) is 0. The van der Waals surface area contributed by atoms with E-state index in [0.717, 1.165) is 12.2 Å². The van der Waals surface area contributed by atoms with E-state index in [0.29, 0.717) is 12.1 Å². The topological polar surface area (TPSA) is 16.1 Å². The molecular formula is C28H28N2. The molecular weight excluding hydrogens is 364 g/mol. The van der Waals surface area contributed by atoms with E-state index in [1.807, 2.05) is 6.20 Å². The van der Waals surface area contributed by atoms with E-state index in [1.165, 1.54) is 45.9 Å². The van der Waals surface area contributed by atoms with Gasteiger partial charge in [0.2, 0.25) is 0 Å². The Labute approximate surface area is 179 Å². The van der Waals surface area contributed by atoms with Gasteiger partial charge in [-0.2, -0.15) is 0 Å². The first-order chi connectivity index (χ1) is 14.7. The van der Waals surface area contributed by atoms with Gasteiger partial charge in [-0.3, -0.25) is 9.88 Å². The van der Waals surface area contributed by atoms with Gasteiger partial charge in [-0.1, -0.05) is 72.3 Å². The number of pyridine rings is 1. The zero-order chi connectivity index (χ0) is 20.5. The number of aryl methyl sites for hydroxylation is 1. The van der Waals surface area contributed by atoms with Crippen LogP contribution in [0.3, 0.4) is 0 Å². The molecule has 1 aliphatic rings. The van der Waals surface area contributed by atoms with Crippen molar-refractivity contribution in [1.29, 1.82) is 0 Å². The minimum absolute atomic E-state index is 0.410. The molecule has 1 aromatic heterocycles. The molecule has 2 heterocycles. The first-order valence-electron chi connectivity index (χ1n) is 11.0. The van der Waals surface area contributed by atoms with Gasteiger partial charge in [-0.05, 0) is 67.3 Å². The van der Waals surface area contributed by atoms with E-state index in [-0.39, 0.29) is 0 Å². The van der Waals surface area contributed by atoms with Crippen LogP contribution in [0.4, 0.5) is 0 Å². The number of rotatable bonds is 4. The predicted molar refractivity (Wildman–Crippen MR) is 125 cm³/mol. The second kappa shape index (κ2) is 8.04. The van der Waals surface area contributed by atoms with Crippen LogP contribution in [0.15, 0.2) is 85.1 Å². The second-order valence-corrected chi connectivity index (χ2v) is 8.48. The first kappa shape index (κ1) is 19.0. The highest BCUT2D eigenvalue weighted by Crippen LogP contribution is 2.39. The molecule has 2 nitrogen and oxygen atoms in total. The second-order valence-electron chi connectivity index (χ2n) is 8.48. The Kier molecular flexibility index (Phi) is 5.10. The number of fused-ring (bicyclic) bond motifs is 1. The fourth-order valence-corrected chi connectivity index (χ4v) is 4.90. The number of benzene rings is 3. The zero-order valence-corrected chi connectivity index (χ0v) is 17.8. The average molecular weight is 393 g/mol. The highest BCUT2D eigenvalue weighted by atomic mass is 15.2. The molecule has 0 amide bonds. The maximum absolute atomic E-state index is 4.75. The third kappa shape index (κ3) is 3.53. The van der Waals surface area contributed by atoms with Gasteiger partial charge in [0.15, 0.2) is 0 Å². The Bertz CT molecular complexity index is 1160. The number of likely N-dealkylation sites (tertiary alicyclic amines) is 1. The van der Waals surface area contributed by atoms with E-state index in [1.54, 1.807) is 0 Å². The van der Waals surface area contributed by atoms with Gasteiger partial charge in [-0.25, -0.2) is 0 Å². The van der Waals surface area contributed by atoms with Crippen molar-refractivity contribution in [2.24, 2.45) is 0 Å². The summed E-state index contributed by atoms with van der Waals surface area (Å²) in [6, 6.07) is 29.4. The minimum Gasteiger partial charge on any atom is -0.290 e. The van der Waals surface area contributed by atoms with Crippen molar-refractivity contribution in [3.8, 4) is 11.3 Å². The summed E-state index contributed by atoms with van der Waals surface area (Å²) in [5.74, 6) is 0. The lowest BCUT2D eigenvalue weighted by Crippen LogP contribution is -2.26. The van der Waals surface area contributed by atoms with Crippen LogP contribution in [0, 0.1) is 6.92 Å². The molecule has 0 bridgehead atoms. The fourth-order valence-electron chi connectivity index (χ4n) is 4.90. The van der Waals surface area contributed by atoms with Crippen LogP contribution < -0.4 is 0 Å².